The number of aryl methyl sites for hydroxylation is 2. The summed E-state index contributed by atoms with van der Waals surface area (Å²) in [7, 11) is 0. The Morgan fingerprint density at radius 1 is 1.46 bits per heavy atom. The van der Waals surface area contributed by atoms with Gasteiger partial charge >= 0.3 is 0 Å². The van der Waals surface area contributed by atoms with Crippen LogP contribution < -0.4 is 5.73 Å². The SMILES string of the molecule is Cc1cc([C@H](N)C2CCC2)oc1C. The van der Waals surface area contributed by atoms with Crippen LogP contribution in [0, 0.1) is 19.8 Å². The summed E-state index contributed by atoms with van der Waals surface area (Å²) in [4.78, 5) is 0. The molecule has 2 rings (SSSR count). The minimum atomic E-state index is 0.126. The summed E-state index contributed by atoms with van der Waals surface area (Å²) in [6, 6.07) is 2.21. The molecule has 1 aliphatic rings. The van der Waals surface area contributed by atoms with Crippen LogP contribution in [0.1, 0.15) is 42.4 Å². The monoisotopic (exact) mass is 179 g/mol. The first kappa shape index (κ1) is 8.82. The van der Waals surface area contributed by atoms with Gasteiger partial charge in [0.2, 0.25) is 0 Å². The zero-order valence-electron chi connectivity index (χ0n) is 8.34. The van der Waals surface area contributed by atoms with Gasteiger partial charge in [0.25, 0.3) is 0 Å². The molecule has 1 aromatic heterocycles. The van der Waals surface area contributed by atoms with Crippen LogP contribution in [0.15, 0.2) is 10.5 Å². The Kier molecular flexibility index (Phi) is 2.16. The van der Waals surface area contributed by atoms with Crippen molar-refractivity contribution in [3.63, 3.8) is 0 Å². The van der Waals surface area contributed by atoms with Crippen molar-refractivity contribution in [1.82, 2.24) is 0 Å². The minimum absolute atomic E-state index is 0.126. The van der Waals surface area contributed by atoms with E-state index in [9.17, 15) is 0 Å². The van der Waals surface area contributed by atoms with Gasteiger partial charge < -0.3 is 10.2 Å². The van der Waals surface area contributed by atoms with Gasteiger partial charge in [-0.1, -0.05) is 6.42 Å². The summed E-state index contributed by atoms with van der Waals surface area (Å²) in [5.74, 6) is 2.63. The Hall–Kier alpha value is -0.760. The van der Waals surface area contributed by atoms with E-state index < -0.39 is 0 Å². The molecular weight excluding hydrogens is 162 g/mol. The van der Waals surface area contributed by atoms with E-state index in [0.717, 1.165) is 11.5 Å². The molecule has 0 spiro atoms. The van der Waals surface area contributed by atoms with Crippen LogP contribution >= 0.6 is 0 Å². The van der Waals surface area contributed by atoms with Gasteiger partial charge in [-0.25, -0.2) is 0 Å². The van der Waals surface area contributed by atoms with Gasteiger partial charge in [-0.2, -0.15) is 0 Å². The molecule has 0 amide bonds. The number of nitrogens with two attached hydrogens (primary N) is 1. The first-order valence-corrected chi connectivity index (χ1v) is 5.01. The van der Waals surface area contributed by atoms with Crippen molar-refractivity contribution in [3.05, 3.63) is 23.2 Å². The van der Waals surface area contributed by atoms with E-state index in [1.807, 2.05) is 6.92 Å². The molecule has 13 heavy (non-hydrogen) atoms. The lowest BCUT2D eigenvalue weighted by atomic mass is 9.79. The van der Waals surface area contributed by atoms with Crippen molar-refractivity contribution < 1.29 is 4.42 Å². The fourth-order valence-corrected chi connectivity index (χ4v) is 1.80. The average molecular weight is 179 g/mol. The third kappa shape index (κ3) is 1.51. The lowest BCUT2D eigenvalue weighted by molar-refractivity contribution is 0.239. The third-order valence-corrected chi connectivity index (χ3v) is 3.17. The van der Waals surface area contributed by atoms with Crippen LogP contribution in [-0.4, -0.2) is 0 Å². The maximum Gasteiger partial charge on any atom is 0.121 e. The molecule has 2 N–H and O–H groups in total. The third-order valence-electron chi connectivity index (χ3n) is 3.17. The highest BCUT2D eigenvalue weighted by atomic mass is 16.3. The molecule has 1 saturated carbocycles. The molecule has 1 aliphatic carbocycles. The lowest BCUT2D eigenvalue weighted by Gasteiger charge is -2.29. The molecule has 0 aromatic carbocycles. The van der Waals surface area contributed by atoms with E-state index in [1.54, 1.807) is 0 Å². The van der Waals surface area contributed by atoms with Crippen molar-refractivity contribution in [2.75, 3.05) is 0 Å². The minimum Gasteiger partial charge on any atom is -0.464 e. The molecule has 0 radical (unpaired) electrons. The molecule has 0 aliphatic heterocycles. The van der Waals surface area contributed by atoms with Crippen molar-refractivity contribution in [2.24, 2.45) is 11.7 Å². The zero-order chi connectivity index (χ0) is 9.42. The summed E-state index contributed by atoms with van der Waals surface area (Å²) >= 11 is 0. The van der Waals surface area contributed by atoms with Crippen molar-refractivity contribution in [1.29, 1.82) is 0 Å². The van der Waals surface area contributed by atoms with Crippen LogP contribution in [-0.2, 0) is 0 Å². The molecule has 0 bridgehead atoms. The molecule has 1 atom stereocenters. The van der Waals surface area contributed by atoms with Gasteiger partial charge in [0.15, 0.2) is 0 Å². The summed E-state index contributed by atoms with van der Waals surface area (Å²) in [5.41, 5.74) is 7.30. The van der Waals surface area contributed by atoms with Crippen LogP contribution in [0.2, 0.25) is 0 Å². The van der Waals surface area contributed by atoms with Gasteiger partial charge in [-0.3, -0.25) is 0 Å². The Labute approximate surface area is 79.1 Å². The maximum atomic E-state index is 6.09. The molecular formula is C11H17NO. The smallest absolute Gasteiger partial charge is 0.121 e. The van der Waals surface area contributed by atoms with E-state index in [0.29, 0.717) is 5.92 Å². The van der Waals surface area contributed by atoms with Crippen molar-refractivity contribution >= 4 is 0 Å². The first-order valence-electron chi connectivity index (χ1n) is 5.01. The highest BCUT2D eigenvalue weighted by Gasteiger charge is 2.27. The van der Waals surface area contributed by atoms with Crippen LogP contribution in [0.5, 0.6) is 0 Å². The second-order valence-corrected chi connectivity index (χ2v) is 4.10. The van der Waals surface area contributed by atoms with Gasteiger partial charge in [0.05, 0.1) is 6.04 Å². The summed E-state index contributed by atoms with van der Waals surface area (Å²) in [6.45, 7) is 4.06. The highest BCUT2D eigenvalue weighted by molar-refractivity contribution is 5.21. The average Bonchev–Trinajstić information content (AvgIpc) is 2.28. The van der Waals surface area contributed by atoms with Crippen LogP contribution in [0.25, 0.3) is 0 Å². The Morgan fingerprint density at radius 2 is 2.15 bits per heavy atom. The van der Waals surface area contributed by atoms with Crippen LogP contribution in [0.4, 0.5) is 0 Å². The van der Waals surface area contributed by atoms with Crippen molar-refractivity contribution in [3.8, 4) is 0 Å². The fraction of sp³-hybridized carbons (Fsp3) is 0.636. The van der Waals surface area contributed by atoms with E-state index in [-0.39, 0.29) is 6.04 Å². The Balaban J connectivity index is 2.14. The second kappa shape index (κ2) is 3.18. The van der Waals surface area contributed by atoms with Gasteiger partial charge in [0, 0.05) is 0 Å². The van der Waals surface area contributed by atoms with Gasteiger partial charge in [-0.05, 0) is 44.2 Å². The predicted octanol–water partition coefficient (Wildman–Crippen LogP) is 2.70. The molecule has 0 unspecified atom stereocenters. The maximum absolute atomic E-state index is 6.09. The predicted molar refractivity (Wildman–Crippen MR) is 52.5 cm³/mol. The summed E-state index contributed by atoms with van der Waals surface area (Å²) < 4.78 is 5.61. The van der Waals surface area contributed by atoms with E-state index in [2.05, 4.69) is 13.0 Å². The second-order valence-electron chi connectivity index (χ2n) is 4.10. The molecule has 2 nitrogen and oxygen atoms in total. The quantitative estimate of drug-likeness (QED) is 0.758. The molecule has 72 valence electrons. The zero-order valence-corrected chi connectivity index (χ0v) is 8.34. The summed E-state index contributed by atoms with van der Waals surface area (Å²) in [5, 5.41) is 0. The molecule has 1 fully saturated rings. The topological polar surface area (TPSA) is 39.2 Å². The standard InChI is InChI=1S/C11H17NO/c1-7-6-10(13-8(7)2)11(12)9-4-3-5-9/h6,9,11H,3-5,12H2,1-2H3/t11-/m1/s1. The van der Waals surface area contributed by atoms with E-state index in [1.165, 1.54) is 24.8 Å². The van der Waals surface area contributed by atoms with Crippen molar-refractivity contribution in [2.45, 2.75) is 39.2 Å². The Morgan fingerprint density at radius 3 is 2.54 bits per heavy atom. The highest BCUT2D eigenvalue weighted by Crippen LogP contribution is 2.37. The number of rotatable bonds is 2. The molecule has 0 saturated heterocycles. The largest absolute Gasteiger partial charge is 0.464 e. The van der Waals surface area contributed by atoms with E-state index in [4.69, 9.17) is 10.2 Å². The number of hydrogen-bond donors (Lipinski definition) is 1. The number of hydrogen-bond acceptors (Lipinski definition) is 2. The fourth-order valence-electron chi connectivity index (χ4n) is 1.80. The van der Waals surface area contributed by atoms with Gasteiger partial charge in [-0.15, -0.1) is 0 Å². The molecule has 1 heterocycles. The summed E-state index contributed by atoms with van der Waals surface area (Å²) in [6.07, 6.45) is 3.86. The number of furan rings is 1. The van der Waals surface area contributed by atoms with Crippen LogP contribution in [0.3, 0.4) is 0 Å². The normalized spacial score (nSPS) is 19.9. The molecule has 2 heteroatoms. The lowest BCUT2D eigenvalue weighted by Crippen LogP contribution is -2.26. The van der Waals surface area contributed by atoms with E-state index >= 15 is 0 Å². The molecule has 1 aromatic rings. The first-order chi connectivity index (χ1) is 6.18. The van der Waals surface area contributed by atoms with Gasteiger partial charge in [0.1, 0.15) is 11.5 Å². The Bertz CT molecular complexity index is 280.